The third-order valence-electron chi connectivity index (χ3n) is 13.2. The van der Waals surface area contributed by atoms with Crippen LogP contribution in [0.3, 0.4) is 0 Å². The molecule has 10 aromatic carbocycles. The molecule has 286 valence electrons. The number of para-hydroxylation sites is 2. The maximum Gasteiger partial charge on any atom is 0.0729 e. The Morgan fingerprint density at radius 1 is 0.361 bits per heavy atom. The smallest absolute Gasteiger partial charge is 0.0729 e. The minimum atomic E-state index is -0.601. The van der Waals surface area contributed by atoms with Crippen molar-refractivity contribution in [2.75, 3.05) is 4.90 Å². The molecule has 1 heteroatoms. The SMILES string of the molecule is c1ccc(-c2ccccc2N(c2ccccc2)c2ccc3c(c2)C2(c4ccccc4-3)c3ccccc3-c3c2c(C(c2ccccc2)c2ccccc2)cc2ccccc32)cc1. The predicted molar refractivity (Wildman–Crippen MR) is 254 cm³/mol. The minimum Gasteiger partial charge on any atom is -0.310 e. The first kappa shape index (κ1) is 35.2. The molecular weight excluding hydrogens is 735 g/mol. The summed E-state index contributed by atoms with van der Waals surface area (Å²) in [6.45, 7) is 0. The average Bonchev–Trinajstić information content (AvgIpc) is 3.81. The first-order valence-electron chi connectivity index (χ1n) is 21.3. The lowest BCUT2D eigenvalue weighted by Crippen LogP contribution is -2.28. The summed E-state index contributed by atoms with van der Waals surface area (Å²) < 4.78 is 0. The van der Waals surface area contributed by atoms with E-state index in [4.69, 9.17) is 0 Å². The minimum absolute atomic E-state index is 0.00935. The third-order valence-corrected chi connectivity index (χ3v) is 13.2. The van der Waals surface area contributed by atoms with Gasteiger partial charge in [-0.1, -0.05) is 206 Å². The lowest BCUT2D eigenvalue weighted by Gasteiger charge is -2.35. The molecule has 12 rings (SSSR count). The van der Waals surface area contributed by atoms with Crippen LogP contribution in [0.1, 0.15) is 44.9 Å². The van der Waals surface area contributed by atoms with Crippen LogP contribution in [0.15, 0.2) is 243 Å². The van der Waals surface area contributed by atoms with Crippen molar-refractivity contribution in [2.24, 2.45) is 0 Å². The summed E-state index contributed by atoms with van der Waals surface area (Å²) in [7, 11) is 0. The molecule has 0 heterocycles. The number of benzene rings is 10. The monoisotopic (exact) mass is 775 g/mol. The van der Waals surface area contributed by atoms with E-state index >= 15 is 0 Å². The fourth-order valence-electron chi connectivity index (χ4n) is 10.8. The topological polar surface area (TPSA) is 3.24 Å². The van der Waals surface area contributed by atoms with Crippen LogP contribution in [0.2, 0.25) is 0 Å². The number of hydrogen-bond donors (Lipinski definition) is 0. The van der Waals surface area contributed by atoms with Gasteiger partial charge in [-0.15, -0.1) is 0 Å². The van der Waals surface area contributed by atoms with Gasteiger partial charge in [0.05, 0.1) is 11.1 Å². The Bertz CT molecular complexity index is 3200. The Hall–Kier alpha value is -7.74. The van der Waals surface area contributed by atoms with Crippen LogP contribution in [0, 0.1) is 0 Å². The Labute approximate surface area is 357 Å². The van der Waals surface area contributed by atoms with Crippen LogP contribution in [0.4, 0.5) is 17.1 Å². The van der Waals surface area contributed by atoms with Crippen LogP contribution in [0.25, 0.3) is 44.2 Å². The molecule has 0 aromatic heterocycles. The highest BCUT2D eigenvalue weighted by Crippen LogP contribution is 2.66. The molecule has 10 aromatic rings. The largest absolute Gasteiger partial charge is 0.310 e. The molecule has 0 saturated carbocycles. The Morgan fingerprint density at radius 3 is 1.59 bits per heavy atom. The zero-order valence-electron chi connectivity index (χ0n) is 33.6. The van der Waals surface area contributed by atoms with Crippen LogP contribution in [-0.2, 0) is 5.41 Å². The van der Waals surface area contributed by atoms with E-state index in [1.54, 1.807) is 0 Å². The van der Waals surface area contributed by atoms with Gasteiger partial charge in [-0.3, -0.25) is 0 Å². The van der Waals surface area contributed by atoms with E-state index < -0.39 is 5.41 Å². The first-order chi connectivity index (χ1) is 30.3. The summed E-state index contributed by atoms with van der Waals surface area (Å²) >= 11 is 0. The van der Waals surface area contributed by atoms with Gasteiger partial charge >= 0.3 is 0 Å². The molecule has 0 aliphatic heterocycles. The van der Waals surface area contributed by atoms with E-state index in [1.165, 1.54) is 83.1 Å². The maximum atomic E-state index is 2.52. The number of fused-ring (bicyclic) bond motifs is 12. The standard InChI is InChI=1S/C60H41N/c1-5-21-41(22-6-1)47-30-17-20-36-56(47)61(45-28-11-4-12-29-45)46-37-38-50-49-32-15-18-34-53(49)60(55(50)40-46)54-35-19-16-33-51(54)58-48-31-14-13-27-44(48)39-52(59(58)60)57(42-23-7-2-8-24-42)43-25-9-3-10-26-43/h1-40,57H. The molecule has 1 atom stereocenters. The van der Waals surface area contributed by atoms with Gasteiger partial charge in [-0.25, -0.2) is 0 Å². The zero-order valence-corrected chi connectivity index (χ0v) is 33.6. The summed E-state index contributed by atoms with van der Waals surface area (Å²) in [6.07, 6.45) is 0. The first-order valence-corrected chi connectivity index (χ1v) is 21.3. The molecule has 1 nitrogen and oxygen atoms in total. The molecule has 0 radical (unpaired) electrons. The molecule has 1 unspecified atom stereocenters. The van der Waals surface area contributed by atoms with E-state index in [0.29, 0.717) is 0 Å². The van der Waals surface area contributed by atoms with Gasteiger partial charge in [0.25, 0.3) is 0 Å². The average molecular weight is 776 g/mol. The Balaban J connectivity index is 1.21. The second kappa shape index (κ2) is 14.2. The van der Waals surface area contributed by atoms with Crippen molar-refractivity contribution in [3.63, 3.8) is 0 Å². The maximum absolute atomic E-state index is 2.52. The van der Waals surface area contributed by atoms with E-state index in [-0.39, 0.29) is 5.92 Å². The number of hydrogen-bond acceptors (Lipinski definition) is 1. The van der Waals surface area contributed by atoms with Crippen LogP contribution < -0.4 is 4.90 Å². The molecule has 0 N–H and O–H groups in total. The van der Waals surface area contributed by atoms with Gasteiger partial charge in [0.15, 0.2) is 0 Å². The summed E-state index contributed by atoms with van der Waals surface area (Å²) in [5.41, 5.74) is 19.6. The van der Waals surface area contributed by atoms with Crippen molar-refractivity contribution < 1.29 is 0 Å². The fraction of sp³-hybridized carbons (Fsp3) is 0.0333. The van der Waals surface area contributed by atoms with Crippen LogP contribution in [-0.4, -0.2) is 0 Å². The van der Waals surface area contributed by atoms with E-state index in [1.807, 2.05) is 0 Å². The molecule has 1 spiro atoms. The summed E-state index contributed by atoms with van der Waals surface area (Å²) in [5.74, 6) is -0.00935. The van der Waals surface area contributed by atoms with Crippen molar-refractivity contribution >= 4 is 27.8 Å². The van der Waals surface area contributed by atoms with Gasteiger partial charge < -0.3 is 4.90 Å². The third kappa shape index (κ3) is 5.34. The van der Waals surface area contributed by atoms with Gasteiger partial charge in [0, 0.05) is 22.9 Å². The summed E-state index contributed by atoms with van der Waals surface area (Å²) in [5, 5.41) is 2.54. The molecular formula is C60H41N. The van der Waals surface area contributed by atoms with Crippen molar-refractivity contribution in [3.8, 4) is 33.4 Å². The van der Waals surface area contributed by atoms with E-state index in [0.717, 1.165) is 17.1 Å². The Morgan fingerprint density at radius 2 is 0.885 bits per heavy atom. The second-order valence-electron chi connectivity index (χ2n) is 16.3. The molecule has 61 heavy (non-hydrogen) atoms. The molecule has 0 saturated heterocycles. The second-order valence-corrected chi connectivity index (χ2v) is 16.3. The van der Waals surface area contributed by atoms with Crippen molar-refractivity contribution in [1.82, 2.24) is 0 Å². The van der Waals surface area contributed by atoms with Crippen molar-refractivity contribution in [2.45, 2.75) is 11.3 Å². The highest BCUT2D eigenvalue weighted by molar-refractivity contribution is 6.07. The fourth-order valence-corrected chi connectivity index (χ4v) is 10.8. The van der Waals surface area contributed by atoms with Crippen molar-refractivity contribution in [1.29, 1.82) is 0 Å². The van der Waals surface area contributed by atoms with E-state index in [2.05, 4.69) is 248 Å². The summed E-state index contributed by atoms with van der Waals surface area (Å²) in [6, 6.07) is 90.0. The molecule has 0 bridgehead atoms. The van der Waals surface area contributed by atoms with Crippen LogP contribution >= 0.6 is 0 Å². The normalized spacial score (nSPS) is 14.4. The van der Waals surface area contributed by atoms with E-state index in [9.17, 15) is 0 Å². The highest BCUT2D eigenvalue weighted by Gasteiger charge is 2.54. The lowest BCUT2D eigenvalue weighted by atomic mass is 9.66. The molecule has 2 aliphatic rings. The number of nitrogens with zero attached hydrogens (tertiary/aromatic N) is 1. The highest BCUT2D eigenvalue weighted by atomic mass is 15.1. The molecule has 0 amide bonds. The molecule has 2 aliphatic carbocycles. The van der Waals surface area contributed by atoms with Gasteiger partial charge in [0.1, 0.15) is 0 Å². The number of anilines is 3. The predicted octanol–water partition coefficient (Wildman–Crippen LogP) is 15.5. The van der Waals surface area contributed by atoms with Crippen LogP contribution in [0.5, 0.6) is 0 Å². The quantitative estimate of drug-likeness (QED) is 0.146. The number of rotatable bonds is 7. The van der Waals surface area contributed by atoms with Crippen molar-refractivity contribution in [3.05, 3.63) is 282 Å². The Kier molecular flexibility index (Phi) is 8.21. The lowest BCUT2D eigenvalue weighted by molar-refractivity contribution is 0.771. The zero-order chi connectivity index (χ0) is 40.3. The van der Waals surface area contributed by atoms with Gasteiger partial charge in [-0.2, -0.15) is 0 Å². The van der Waals surface area contributed by atoms with Gasteiger partial charge in [-0.05, 0) is 114 Å². The van der Waals surface area contributed by atoms with Gasteiger partial charge in [0.2, 0.25) is 0 Å². The molecule has 0 fully saturated rings. The summed E-state index contributed by atoms with van der Waals surface area (Å²) in [4.78, 5) is 2.46.